The fraction of sp³-hybridized carbons (Fsp3) is 0.625. The molecule has 0 aliphatic carbocycles. The first-order valence-electron chi connectivity index (χ1n) is 4.03. The van der Waals surface area contributed by atoms with Gasteiger partial charge in [0, 0.05) is 18.5 Å². The van der Waals surface area contributed by atoms with Crippen molar-refractivity contribution in [1.82, 2.24) is 9.97 Å². The summed E-state index contributed by atoms with van der Waals surface area (Å²) in [5, 5.41) is 0. The summed E-state index contributed by atoms with van der Waals surface area (Å²) in [6.07, 6.45) is 2.76. The average Bonchev–Trinajstić information content (AvgIpc) is 2.53. The summed E-state index contributed by atoms with van der Waals surface area (Å²) in [5.74, 6) is 1.32. The van der Waals surface area contributed by atoms with Gasteiger partial charge in [-0.05, 0) is 6.42 Å². The van der Waals surface area contributed by atoms with Gasteiger partial charge < -0.3 is 9.72 Å². The maximum absolute atomic E-state index is 5.59. The second kappa shape index (κ2) is 5.17. The summed E-state index contributed by atoms with van der Waals surface area (Å²) in [4.78, 5) is 7.15. The molecule has 3 nitrogen and oxygen atoms in total. The second-order valence-corrected chi connectivity index (χ2v) is 2.81. The zero-order valence-corrected chi connectivity index (χ0v) is 7.90. The largest absolute Gasteiger partial charge is 0.374 e. The Morgan fingerprint density at radius 1 is 1.67 bits per heavy atom. The molecule has 12 heavy (non-hydrogen) atoms. The van der Waals surface area contributed by atoms with Crippen molar-refractivity contribution in [3.63, 3.8) is 0 Å². The van der Waals surface area contributed by atoms with Crippen LogP contribution in [0.25, 0.3) is 0 Å². The first-order valence-corrected chi connectivity index (χ1v) is 4.56. The molecule has 0 saturated heterocycles. The second-order valence-electron chi connectivity index (χ2n) is 2.54. The standard InChI is InChI=1S/C8H13ClN2O/c1-2-3-12-6-8-10-5-7(4-9)11-8/h5H,2-4,6H2,1H3,(H,10,11). The van der Waals surface area contributed by atoms with Crippen LogP contribution in [0.3, 0.4) is 0 Å². The number of ether oxygens (including phenoxy) is 1. The molecule has 0 aliphatic heterocycles. The number of aromatic nitrogens is 2. The Morgan fingerprint density at radius 2 is 2.50 bits per heavy atom. The molecule has 0 radical (unpaired) electrons. The molecule has 1 aromatic heterocycles. The summed E-state index contributed by atoms with van der Waals surface area (Å²) < 4.78 is 5.29. The highest BCUT2D eigenvalue weighted by molar-refractivity contribution is 6.16. The minimum absolute atomic E-state index is 0.473. The van der Waals surface area contributed by atoms with Crippen LogP contribution >= 0.6 is 11.6 Å². The van der Waals surface area contributed by atoms with E-state index in [9.17, 15) is 0 Å². The quantitative estimate of drug-likeness (QED) is 0.568. The Bertz CT molecular complexity index is 225. The zero-order valence-electron chi connectivity index (χ0n) is 7.14. The van der Waals surface area contributed by atoms with Crippen molar-refractivity contribution >= 4 is 11.6 Å². The lowest BCUT2D eigenvalue weighted by Gasteiger charge is -1.97. The third-order valence-electron chi connectivity index (χ3n) is 1.41. The van der Waals surface area contributed by atoms with Gasteiger partial charge in [-0.2, -0.15) is 0 Å². The predicted molar refractivity (Wildman–Crippen MR) is 48.1 cm³/mol. The topological polar surface area (TPSA) is 37.9 Å². The molecular formula is C8H13ClN2O. The van der Waals surface area contributed by atoms with E-state index in [0.717, 1.165) is 24.5 Å². The SMILES string of the molecule is CCCOCc1ncc(CCl)[nH]1. The van der Waals surface area contributed by atoms with Crippen LogP contribution < -0.4 is 0 Å². The van der Waals surface area contributed by atoms with E-state index in [-0.39, 0.29) is 0 Å². The van der Waals surface area contributed by atoms with Crippen molar-refractivity contribution in [3.8, 4) is 0 Å². The number of H-pyrrole nitrogens is 1. The van der Waals surface area contributed by atoms with Crippen molar-refractivity contribution in [2.75, 3.05) is 6.61 Å². The van der Waals surface area contributed by atoms with Gasteiger partial charge in [0.15, 0.2) is 0 Å². The first-order chi connectivity index (χ1) is 5.86. The lowest BCUT2D eigenvalue weighted by Crippen LogP contribution is -1.95. The van der Waals surface area contributed by atoms with Gasteiger partial charge in [0.1, 0.15) is 12.4 Å². The molecule has 0 aromatic carbocycles. The molecule has 0 amide bonds. The number of alkyl halides is 1. The number of rotatable bonds is 5. The molecular weight excluding hydrogens is 176 g/mol. The fourth-order valence-electron chi connectivity index (χ4n) is 0.860. The van der Waals surface area contributed by atoms with E-state index in [2.05, 4.69) is 16.9 Å². The van der Waals surface area contributed by atoms with E-state index in [0.29, 0.717) is 12.5 Å². The summed E-state index contributed by atoms with van der Waals surface area (Å²) in [7, 11) is 0. The highest BCUT2D eigenvalue weighted by Gasteiger charge is 1.98. The van der Waals surface area contributed by atoms with Gasteiger partial charge >= 0.3 is 0 Å². The van der Waals surface area contributed by atoms with Crippen LogP contribution in [0.4, 0.5) is 0 Å². The highest BCUT2D eigenvalue weighted by Crippen LogP contribution is 2.01. The number of imidazole rings is 1. The average molecular weight is 189 g/mol. The minimum atomic E-state index is 0.473. The van der Waals surface area contributed by atoms with Gasteiger partial charge in [0.05, 0.1) is 5.88 Å². The van der Waals surface area contributed by atoms with Gasteiger partial charge in [0.2, 0.25) is 0 Å². The van der Waals surface area contributed by atoms with Crippen molar-refractivity contribution in [3.05, 3.63) is 17.7 Å². The first kappa shape index (κ1) is 9.55. The van der Waals surface area contributed by atoms with Gasteiger partial charge in [-0.3, -0.25) is 0 Å². The van der Waals surface area contributed by atoms with Gasteiger partial charge in [-0.1, -0.05) is 6.92 Å². The van der Waals surface area contributed by atoms with Gasteiger partial charge in [0.25, 0.3) is 0 Å². The Labute approximate surface area is 77.1 Å². The van der Waals surface area contributed by atoms with E-state index in [4.69, 9.17) is 16.3 Å². The molecule has 0 unspecified atom stereocenters. The lowest BCUT2D eigenvalue weighted by molar-refractivity contribution is 0.116. The fourth-order valence-corrected chi connectivity index (χ4v) is 0.996. The highest BCUT2D eigenvalue weighted by atomic mass is 35.5. The van der Waals surface area contributed by atoms with Crippen LogP contribution in [0, 0.1) is 0 Å². The Kier molecular flexibility index (Phi) is 4.11. The smallest absolute Gasteiger partial charge is 0.132 e. The minimum Gasteiger partial charge on any atom is -0.374 e. The van der Waals surface area contributed by atoms with Crippen LogP contribution in [0.1, 0.15) is 24.9 Å². The van der Waals surface area contributed by atoms with E-state index in [1.54, 1.807) is 6.20 Å². The summed E-state index contributed by atoms with van der Waals surface area (Å²) in [6, 6.07) is 0. The van der Waals surface area contributed by atoms with Crippen LogP contribution in [0.2, 0.25) is 0 Å². The Morgan fingerprint density at radius 3 is 3.08 bits per heavy atom. The van der Waals surface area contributed by atoms with Crippen molar-refractivity contribution in [2.45, 2.75) is 25.8 Å². The molecule has 0 atom stereocenters. The normalized spacial score (nSPS) is 10.5. The molecule has 1 heterocycles. The van der Waals surface area contributed by atoms with Crippen LogP contribution in [0.15, 0.2) is 6.20 Å². The summed E-state index contributed by atoms with van der Waals surface area (Å²) >= 11 is 5.59. The number of aromatic amines is 1. The number of halogens is 1. The molecule has 0 spiro atoms. The molecule has 0 aliphatic rings. The third kappa shape index (κ3) is 2.83. The number of nitrogens with zero attached hydrogens (tertiary/aromatic N) is 1. The van der Waals surface area contributed by atoms with E-state index in [1.165, 1.54) is 0 Å². The predicted octanol–water partition coefficient (Wildman–Crippen LogP) is 2.08. The Hall–Kier alpha value is -0.540. The summed E-state index contributed by atoms with van der Waals surface area (Å²) in [6.45, 7) is 3.40. The zero-order chi connectivity index (χ0) is 8.81. The molecule has 0 saturated carbocycles. The monoisotopic (exact) mass is 188 g/mol. The number of hydrogen-bond donors (Lipinski definition) is 1. The Balaban J connectivity index is 2.31. The van der Waals surface area contributed by atoms with Crippen molar-refractivity contribution in [2.24, 2.45) is 0 Å². The third-order valence-corrected chi connectivity index (χ3v) is 1.70. The van der Waals surface area contributed by atoms with Crippen LogP contribution in [-0.2, 0) is 17.2 Å². The molecule has 1 rings (SSSR count). The lowest BCUT2D eigenvalue weighted by atomic mass is 10.5. The number of nitrogens with one attached hydrogen (secondary N) is 1. The van der Waals surface area contributed by atoms with E-state index < -0.39 is 0 Å². The number of hydrogen-bond acceptors (Lipinski definition) is 2. The van der Waals surface area contributed by atoms with Crippen molar-refractivity contribution in [1.29, 1.82) is 0 Å². The van der Waals surface area contributed by atoms with Crippen LogP contribution in [0.5, 0.6) is 0 Å². The van der Waals surface area contributed by atoms with E-state index in [1.807, 2.05) is 0 Å². The van der Waals surface area contributed by atoms with E-state index >= 15 is 0 Å². The van der Waals surface area contributed by atoms with Gasteiger partial charge in [-0.15, -0.1) is 11.6 Å². The maximum atomic E-state index is 5.59. The molecule has 1 N–H and O–H groups in total. The van der Waals surface area contributed by atoms with Gasteiger partial charge in [-0.25, -0.2) is 4.98 Å². The molecule has 1 aromatic rings. The summed E-state index contributed by atoms with van der Waals surface area (Å²) in [5.41, 5.74) is 0.937. The molecule has 0 bridgehead atoms. The molecule has 4 heteroatoms. The maximum Gasteiger partial charge on any atom is 0.132 e. The van der Waals surface area contributed by atoms with Crippen LogP contribution in [-0.4, -0.2) is 16.6 Å². The van der Waals surface area contributed by atoms with Crippen molar-refractivity contribution < 1.29 is 4.74 Å². The molecule has 68 valence electrons. The molecule has 0 fully saturated rings.